The highest BCUT2D eigenvalue weighted by atomic mass is 16.5. The maximum absolute atomic E-state index is 13.0. The van der Waals surface area contributed by atoms with E-state index in [0.29, 0.717) is 47.9 Å². The van der Waals surface area contributed by atoms with Crippen LogP contribution >= 0.6 is 0 Å². The van der Waals surface area contributed by atoms with Crippen LogP contribution in [0.1, 0.15) is 65.8 Å². The molecular weight excluding hydrogens is 763 g/mol. The molecule has 0 bridgehead atoms. The summed E-state index contributed by atoms with van der Waals surface area (Å²) in [6.07, 6.45) is 6.14. The van der Waals surface area contributed by atoms with Gasteiger partial charge < -0.3 is 25.0 Å². The number of ether oxygens (including phenoxy) is 2. The third kappa shape index (κ3) is 8.04. The molecule has 6 heterocycles. The van der Waals surface area contributed by atoms with E-state index in [-0.39, 0.29) is 18.7 Å². The fourth-order valence-corrected chi connectivity index (χ4v) is 8.11. The van der Waals surface area contributed by atoms with Crippen molar-refractivity contribution in [1.82, 2.24) is 30.1 Å². The number of hydrogen-bond donors (Lipinski definition) is 3. The van der Waals surface area contributed by atoms with Crippen LogP contribution < -0.4 is 30.3 Å². The lowest BCUT2D eigenvalue weighted by molar-refractivity contribution is -0.136. The zero-order valence-electron chi connectivity index (χ0n) is 34.3. The third-order valence-electron chi connectivity index (χ3n) is 11.2. The number of hydrogen-bond acceptors (Lipinski definition) is 13. The van der Waals surface area contributed by atoms with Gasteiger partial charge in [0.05, 0.1) is 23.8 Å². The molecule has 310 valence electrons. The number of carbonyl (C=O) groups is 4. The van der Waals surface area contributed by atoms with Gasteiger partial charge in [-0.2, -0.15) is 0 Å². The molecule has 3 N–H and O–H groups in total. The zero-order valence-corrected chi connectivity index (χ0v) is 34.3. The number of piperidine rings is 1. The lowest BCUT2D eigenvalue weighted by Crippen LogP contribution is -2.59. The molecule has 5 aromatic rings. The van der Waals surface area contributed by atoms with Crippen LogP contribution in [0.3, 0.4) is 0 Å². The van der Waals surface area contributed by atoms with Crippen molar-refractivity contribution in [2.24, 2.45) is 0 Å². The molecule has 4 aliphatic heterocycles. The lowest BCUT2D eigenvalue weighted by Gasteiger charge is -2.47. The van der Waals surface area contributed by atoms with Crippen molar-refractivity contribution < 1.29 is 28.7 Å². The number of pyridine rings is 1. The van der Waals surface area contributed by atoms with Crippen molar-refractivity contribution in [2.45, 2.75) is 58.5 Å². The summed E-state index contributed by atoms with van der Waals surface area (Å²) >= 11 is 0. The van der Waals surface area contributed by atoms with Gasteiger partial charge in [0.1, 0.15) is 18.3 Å². The topological polar surface area (TPSA) is 171 Å². The normalized spacial score (nSPS) is 17.2. The minimum absolute atomic E-state index is 0.121. The van der Waals surface area contributed by atoms with Gasteiger partial charge >= 0.3 is 0 Å². The number of amides is 4. The summed E-state index contributed by atoms with van der Waals surface area (Å²) in [5, 5.41) is 9.76. The number of benzene rings is 3. The van der Waals surface area contributed by atoms with Crippen LogP contribution in [0, 0.1) is 6.92 Å². The second kappa shape index (κ2) is 17.3. The van der Waals surface area contributed by atoms with E-state index in [0.717, 1.165) is 83.0 Å². The Morgan fingerprint density at radius 1 is 0.900 bits per heavy atom. The number of carbonyl (C=O) groups excluding carboxylic acids is 4. The summed E-state index contributed by atoms with van der Waals surface area (Å²) in [6.45, 7) is 11.7. The number of anilines is 4. The quantitative estimate of drug-likeness (QED) is 0.134. The van der Waals surface area contributed by atoms with Crippen molar-refractivity contribution in [3.05, 3.63) is 89.7 Å². The highest BCUT2D eigenvalue weighted by molar-refractivity contribution is 6.23. The van der Waals surface area contributed by atoms with Crippen molar-refractivity contribution in [1.29, 1.82) is 0 Å². The van der Waals surface area contributed by atoms with Gasteiger partial charge in [-0.3, -0.25) is 34.3 Å². The molecule has 0 radical (unpaired) electrons. The van der Waals surface area contributed by atoms with Crippen LogP contribution in [0.15, 0.2) is 73.1 Å². The Bertz CT molecular complexity index is 2450. The summed E-state index contributed by atoms with van der Waals surface area (Å²) in [6, 6.07) is 19.1. The Morgan fingerprint density at radius 3 is 2.40 bits per heavy atom. The number of methoxy groups -OCH3 is 1. The van der Waals surface area contributed by atoms with E-state index < -0.39 is 23.8 Å². The molecule has 60 heavy (non-hydrogen) atoms. The van der Waals surface area contributed by atoms with Gasteiger partial charge in [0, 0.05) is 66.8 Å². The molecule has 4 aliphatic rings. The summed E-state index contributed by atoms with van der Waals surface area (Å²) in [5.41, 5.74) is 7.19. The van der Waals surface area contributed by atoms with Crippen LogP contribution in [0.2, 0.25) is 0 Å². The second-order valence-electron chi connectivity index (χ2n) is 15.4. The summed E-state index contributed by atoms with van der Waals surface area (Å²) < 4.78 is 11.3. The van der Waals surface area contributed by atoms with E-state index in [1.54, 1.807) is 25.4 Å². The van der Waals surface area contributed by atoms with E-state index >= 15 is 0 Å². The summed E-state index contributed by atoms with van der Waals surface area (Å²) in [7, 11) is 1.65. The number of nitrogens with one attached hydrogen (secondary N) is 3. The van der Waals surface area contributed by atoms with E-state index in [2.05, 4.69) is 68.6 Å². The Kier molecular flexibility index (Phi) is 11.6. The minimum Gasteiger partial charge on any atom is -0.494 e. The minimum atomic E-state index is -0.927. The van der Waals surface area contributed by atoms with Gasteiger partial charge in [-0.1, -0.05) is 43.7 Å². The highest BCUT2D eigenvalue weighted by Crippen LogP contribution is 2.42. The van der Waals surface area contributed by atoms with Crippen molar-refractivity contribution in [2.75, 3.05) is 62.0 Å². The monoisotopic (exact) mass is 811 g/mol. The molecule has 15 heteroatoms. The number of rotatable bonds is 11. The molecule has 3 aromatic carbocycles. The molecule has 0 saturated carbocycles. The first kappa shape index (κ1) is 40.2. The van der Waals surface area contributed by atoms with Gasteiger partial charge in [0.25, 0.3) is 11.8 Å². The largest absolute Gasteiger partial charge is 0.494 e. The van der Waals surface area contributed by atoms with Gasteiger partial charge in [-0.05, 0) is 81.2 Å². The first-order chi connectivity index (χ1) is 29.1. The van der Waals surface area contributed by atoms with Crippen LogP contribution in [0.25, 0.3) is 22.0 Å². The first-order valence-electron chi connectivity index (χ1n) is 20.5. The molecule has 1 atom stereocenters. The molecule has 2 saturated heterocycles. The Labute approximate surface area is 348 Å². The van der Waals surface area contributed by atoms with E-state index in [4.69, 9.17) is 14.5 Å². The van der Waals surface area contributed by atoms with E-state index in [1.165, 1.54) is 5.56 Å². The smallest absolute Gasteiger partial charge is 0.262 e. The average Bonchev–Trinajstić information content (AvgIpc) is 3.48. The second-order valence-corrected chi connectivity index (χ2v) is 15.4. The predicted molar refractivity (Wildman–Crippen MR) is 229 cm³/mol. The Morgan fingerprint density at radius 2 is 1.67 bits per heavy atom. The van der Waals surface area contributed by atoms with Gasteiger partial charge in [-0.15, -0.1) is 0 Å². The fraction of sp³-hybridized carbons (Fsp3) is 0.356. The number of aryl methyl sites for hydroxylation is 1. The summed E-state index contributed by atoms with van der Waals surface area (Å²) in [5.74, 6) is -0.0486. The maximum atomic E-state index is 13.0. The zero-order chi connectivity index (χ0) is 41.9. The number of imide groups is 2. The van der Waals surface area contributed by atoms with Crippen LogP contribution in [0.5, 0.6) is 11.6 Å². The number of aromatic nitrogens is 3. The molecule has 0 spiro atoms. The van der Waals surface area contributed by atoms with Crippen molar-refractivity contribution in [3.8, 4) is 22.8 Å². The van der Waals surface area contributed by atoms with E-state index in [1.807, 2.05) is 42.6 Å². The predicted octanol–water partition coefficient (Wildman–Crippen LogP) is 5.96. The number of nitrogens with zero attached hydrogens (tertiary/aromatic N) is 6. The molecule has 15 nitrogen and oxygen atoms in total. The maximum Gasteiger partial charge on any atom is 0.262 e. The van der Waals surface area contributed by atoms with Gasteiger partial charge in [-0.25, -0.2) is 15.0 Å². The van der Waals surface area contributed by atoms with Gasteiger partial charge in [0.15, 0.2) is 5.75 Å². The fourth-order valence-electron chi connectivity index (χ4n) is 8.11. The van der Waals surface area contributed by atoms with Crippen LogP contribution in [-0.4, -0.2) is 107 Å². The third-order valence-corrected chi connectivity index (χ3v) is 11.2. The molecule has 0 aliphatic carbocycles. The first-order valence-corrected chi connectivity index (χ1v) is 20.5. The average molecular weight is 812 g/mol. The standard InChI is InChI=1S/C23H21N5O2.C22H28N4O4/c1-14-3-7-17(8-4-14)27-23-26-12-16-6-5-15(11-19(16)28-23)18-13-25-22-20(21(18)29-2)24-9-10-30-22;1-3-9-24(10-4-2)15-12-25(13-15)14-5-6-16-17(11-14)22(30)26(21(16)29)18-7-8-19(27)23-20(18)28/h3-8,11-13,24H,9-10H2,1-2H3,(H,26,27,28);5-6,11,15,18H,3-4,7-10,12-13H2,1-2H3,(H,23,27,28). The Balaban J connectivity index is 0.000000166. The number of fused-ring (bicyclic) bond motifs is 3. The van der Waals surface area contributed by atoms with Crippen molar-refractivity contribution in [3.63, 3.8) is 0 Å². The molecule has 2 fully saturated rings. The SMILES string of the molecule is CCCN(CCC)C1CN(c2ccc3c(c2)C(=O)N(C2CCC(=O)NC2=O)C3=O)C1.COc1c(-c2ccc3cnc(Nc4ccc(C)cc4)nc3c2)cnc2c1NCCO2. The molecule has 9 rings (SSSR count). The molecule has 2 aromatic heterocycles. The van der Waals surface area contributed by atoms with Crippen LogP contribution in [0.4, 0.5) is 23.0 Å². The lowest BCUT2D eigenvalue weighted by atomic mass is 10.0. The van der Waals surface area contributed by atoms with Crippen molar-refractivity contribution >= 4 is 57.5 Å². The highest BCUT2D eigenvalue weighted by Gasteiger charge is 2.45. The van der Waals surface area contributed by atoms with Gasteiger partial charge in [0.2, 0.25) is 23.6 Å². The summed E-state index contributed by atoms with van der Waals surface area (Å²) in [4.78, 5) is 68.7. The molecule has 1 unspecified atom stereocenters. The van der Waals surface area contributed by atoms with E-state index in [9.17, 15) is 19.2 Å². The van der Waals surface area contributed by atoms with Crippen LogP contribution in [-0.2, 0) is 9.59 Å². The molecule has 4 amide bonds. The molecular formula is C45H49N9O6. The Hall–Kier alpha value is -6.61.